The molecule has 2 atom stereocenters. The number of carbonyl (C=O) groups excluding carboxylic acids is 5. The minimum Gasteiger partial charge on any atom is -0.461 e. The molecule has 0 aromatic heterocycles. The maximum Gasteiger partial charge on any atom is 0.315 e. The van der Waals surface area contributed by atoms with Crippen molar-refractivity contribution in [2.24, 2.45) is 39.2 Å². The Balaban J connectivity index is 6.17. The van der Waals surface area contributed by atoms with Crippen molar-refractivity contribution in [3.05, 3.63) is 0 Å². The van der Waals surface area contributed by atoms with Gasteiger partial charge in [0.2, 0.25) is 0 Å². The minimum atomic E-state index is -1.49. The van der Waals surface area contributed by atoms with Crippen LogP contribution >= 0.6 is 0 Å². The Morgan fingerprint density at radius 2 is 1.02 bits per heavy atom. The summed E-state index contributed by atoms with van der Waals surface area (Å²) >= 11 is 0. The molecule has 0 saturated carbocycles. The molecular formula is C40H74N2O8. The summed E-state index contributed by atoms with van der Waals surface area (Å²) in [5.41, 5.74) is 1.14. The molecule has 10 heteroatoms. The van der Waals surface area contributed by atoms with Gasteiger partial charge < -0.3 is 19.1 Å². The first-order valence-electron chi connectivity index (χ1n) is 18.4. The van der Waals surface area contributed by atoms with Gasteiger partial charge in [-0.15, -0.1) is 0 Å². The molecule has 0 aliphatic rings. The summed E-state index contributed by atoms with van der Waals surface area (Å²) in [6.45, 7) is 29.0. The third-order valence-electron chi connectivity index (χ3n) is 9.04. The molecule has 50 heavy (non-hydrogen) atoms. The van der Waals surface area contributed by atoms with Crippen molar-refractivity contribution in [3.63, 3.8) is 0 Å². The molecule has 0 rings (SSSR count). The molecule has 0 bridgehead atoms. The van der Waals surface area contributed by atoms with Crippen LogP contribution in [-0.2, 0) is 38.2 Å². The predicted molar refractivity (Wildman–Crippen MR) is 199 cm³/mol. The number of nitrogens with two attached hydrogens (primary N) is 1. The number of hydrogen-bond donors (Lipinski definition) is 1. The van der Waals surface area contributed by atoms with Gasteiger partial charge in [0, 0.05) is 34.5 Å². The first-order chi connectivity index (χ1) is 22.2. The summed E-state index contributed by atoms with van der Waals surface area (Å²) in [5, 5.41) is 0. The van der Waals surface area contributed by atoms with E-state index in [1.54, 1.807) is 20.8 Å². The highest BCUT2D eigenvalue weighted by molar-refractivity contribution is 5.99. The molecule has 0 spiro atoms. The number of ketones is 2. The summed E-state index contributed by atoms with van der Waals surface area (Å²) in [6.07, 6.45) is 1.04. The van der Waals surface area contributed by atoms with Crippen molar-refractivity contribution in [1.82, 2.24) is 4.90 Å². The van der Waals surface area contributed by atoms with Gasteiger partial charge in [0.25, 0.3) is 0 Å². The fourth-order valence-electron chi connectivity index (χ4n) is 8.02. The number of esters is 3. The van der Waals surface area contributed by atoms with Crippen LogP contribution in [0.15, 0.2) is 0 Å². The van der Waals surface area contributed by atoms with E-state index in [0.717, 1.165) is 0 Å². The SMILES string of the molecule is CC(C)CC(C)(C)C(=O)CC(=O)OC(C)(C)CC(C)(C)C(OC(=O)CCCN(C)C)C(C)(C)CC(C)(N)OC(=O)CC(=O)C(C)(C)CC(C)C. The Kier molecular flexibility index (Phi) is 17.6. The molecule has 0 heterocycles. The van der Waals surface area contributed by atoms with E-state index in [1.807, 2.05) is 102 Å². The zero-order valence-corrected chi connectivity index (χ0v) is 34.9. The first-order valence-corrected chi connectivity index (χ1v) is 18.4. The van der Waals surface area contributed by atoms with Gasteiger partial charge in [-0.3, -0.25) is 29.7 Å². The summed E-state index contributed by atoms with van der Waals surface area (Å²) in [4.78, 5) is 67.3. The lowest BCUT2D eigenvalue weighted by atomic mass is 9.65. The quantitative estimate of drug-likeness (QED) is 0.0486. The molecular weight excluding hydrogens is 636 g/mol. The third-order valence-corrected chi connectivity index (χ3v) is 9.04. The Morgan fingerprint density at radius 1 is 0.620 bits per heavy atom. The van der Waals surface area contributed by atoms with Gasteiger partial charge in [0.05, 0.1) is 0 Å². The van der Waals surface area contributed by atoms with Gasteiger partial charge in [-0.05, 0) is 78.9 Å². The highest BCUT2D eigenvalue weighted by atomic mass is 16.6. The zero-order valence-electron chi connectivity index (χ0n) is 34.9. The van der Waals surface area contributed by atoms with E-state index in [-0.39, 0.29) is 55.6 Å². The second-order valence-electron chi connectivity index (χ2n) is 19.3. The lowest BCUT2D eigenvalue weighted by molar-refractivity contribution is -0.185. The van der Waals surface area contributed by atoms with Crippen LogP contribution in [0.2, 0.25) is 0 Å². The van der Waals surface area contributed by atoms with Crippen molar-refractivity contribution in [3.8, 4) is 0 Å². The van der Waals surface area contributed by atoms with E-state index in [4.69, 9.17) is 19.9 Å². The van der Waals surface area contributed by atoms with E-state index < -0.39 is 51.0 Å². The second-order valence-corrected chi connectivity index (χ2v) is 19.3. The van der Waals surface area contributed by atoms with E-state index in [0.29, 0.717) is 31.7 Å². The second kappa shape index (κ2) is 18.4. The van der Waals surface area contributed by atoms with Gasteiger partial charge in [0.15, 0.2) is 5.72 Å². The van der Waals surface area contributed by atoms with Crippen LogP contribution < -0.4 is 5.73 Å². The number of nitrogens with zero attached hydrogens (tertiary/aromatic N) is 1. The topological polar surface area (TPSA) is 142 Å². The Morgan fingerprint density at radius 3 is 1.42 bits per heavy atom. The summed E-state index contributed by atoms with van der Waals surface area (Å²) in [6, 6.07) is 0. The number of ether oxygens (including phenoxy) is 3. The fourth-order valence-corrected chi connectivity index (χ4v) is 8.02. The van der Waals surface area contributed by atoms with E-state index in [2.05, 4.69) is 0 Å². The Bertz CT molecular complexity index is 1090. The predicted octanol–water partition coefficient (Wildman–Crippen LogP) is 7.68. The molecule has 292 valence electrons. The average Bonchev–Trinajstić information content (AvgIpc) is 2.82. The van der Waals surface area contributed by atoms with Crippen LogP contribution in [0.1, 0.15) is 155 Å². The molecule has 0 aliphatic carbocycles. The van der Waals surface area contributed by atoms with Crippen molar-refractivity contribution in [1.29, 1.82) is 0 Å². The molecule has 0 aliphatic heterocycles. The van der Waals surface area contributed by atoms with Crippen molar-refractivity contribution < 1.29 is 38.2 Å². The molecule has 0 aromatic rings. The number of Topliss-reactive ketones (excluding diaryl/α,β-unsaturated/α-hetero) is 2. The minimum absolute atomic E-state index is 0.105. The highest BCUT2D eigenvalue weighted by Gasteiger charge is 2.49. The molecule has 0 amide bonds. The van der Waals surface area contributed by atoms with Crippen LogP contribution in [0.4, 0.5) is 0 Å². The van der Waals surface area contributed by atoms with Crippen molar-refractivity contribution in [2.75, 3.05) is 20.6 Å². The number of carbonyl (C=O) groups is 5. The zero-order chi connectivity index (χ0) is 39.7. The Labute approximate surface area is 304 Å². The maximum atomic E-state index is 13.3. The summed E-state index contributed by atoms with van der Waals surface area (Å²) < 4.78 is 17.9. The Hall–Kier alpha value is -2.33. The highest BCUT2D eigenvalue weighted by Crippen LogP contribution is 2.46. The van der Waals surface area contributed by atoms with E-state index in [1.165, 1.54) is 0 Å². The van der Waals surface area contributed by atoms with Crippen LogP contribution in [-0.4, -0.2) is 72.4 Å². The summed E-state index contributed by atoms with van der Waals surface area (Å²) in [7, 11) is 3.87. The molecule has 10 nitrogen and oxygen atoms in total. The lowest BCUT2D eigenvalue weighted by Gasteiger charge is -2.48. The lowest BCUT2D eigenvalue weighted by Crippen LogP contribution is -2.53. The van der Waals surface area contributed by atoms with Gasteiger partial charge in [-0.25, -0.2) is 0 Å². The van der Waals surface area contributed by atoms with Crippen molar-refractivity contribution in [2.45, 2.75) is 173 Å². The van der Waals surface area contributed by atoms with Crippen LogP contribution in [0.3, 0.4) is 0 Å². The average molecular weight is 711 g/mol. The van der Waals surface area contributed by atoms with Crippen LogP contribution in [0, 0.1) is 33.5 Å². The molecule has 0 radical (unpaired) electrons. The standard InChI is InChI=1S/C40H74N2O8/c1-27(2)23-35(5,6)29(43)21-32(46)49-39(13,14)25-37(9,10)34(48-31(45)19-18-20-42(16)17)38(11,12)26-40(15,41)50-33(47)22-30(44)36(7,8)24-28(3)4/h27-28,34H,18-26,41H2,1-17H3. The normalized spacial score (nSPS) is 15.1. The van der Waals surface area contributed by atoms with E-state index >= 15 is 0 Å². The first kappa shape index (κ1) is 47.7. The van der Waals surface area contributed by atoms with Gasteiger partial charge >= 0.3 is 17.9 Å². The fraction of sp³-hybridized carbons (Fsp3) is 0.875. The monoisotopic (exact) mass is 711 g/mol. The van der Waals surface area contributed by atoms with Crippen LogP contribution in [0.5, 0.6) is 0 Å². The largest absolute Gasteiger partial charge is 0.461 e. The smallest absolute Gasteiger partial charge is 0.315 e. The van der Waals surface area contributed by atoms with Gasteiger partial charge in [-0.1, -0.05) is 83.1 Å². The number of hydrogen-bond acceptors (Lipinski definition) is 10. The van der Waals surface area contributed by atoms with E-state index in [9.17, 15) is 24.0 Å². The third kappa shape index (κ3) is 17.7. The van der Waals surface area contributed by atoms with Gasteiger partial charge in [0.1, 0.15) is 36.1 Å². The molecule has 0 saturated heterocycles. The van der Waals surface area contributed by atoms with Crippen LogP contribution in [0.25, 0.3) is 0 Å². The maximum absolute atomic E-state index is 13.3. The molecule has 0 fully saturated rings. The number of rotatable bonds is 23. The summed E-state index contributed by atoms with van der Waals surface area (Å²) in [5.74, 6) is -1.47. The molecule has 2 N–H and O–H groups in total. The molecule has 0 aromatic carbocycles. The van der Waals surface area contributed by atoms with Crippen molar-refractivity contribution >= 4 is 29.5 Å². The van der Waals surface area contributed by atoms with Gasteiger partial charge in [-0.2, -0.15) is 0 Å². The molecule has 2 unspecified atom stereocenters.